The summed E-state index contributed by atoms with van der Waals surface area (Å²) < 4.78 is 54.2. The van der Waals surface area contributed by atoms with E-state index in [2.05, 4.69) is 15.7 Å². The van der Waals surface area contributed by atoms with Crippen LogP contribution in [-0.4, -0.2) is 21.6 Å². The summed E-state index contributed by atoms with van der Waals surface area (Å²) in [6.45, 7) is 1.86. The smallest absolute Gasteiger partial charge is 0.325 e. The number of aryl methyl sites for hydroxylation is 1. The largest absolute Gasteiger partial charge is 0.418 e. The molecule has 3 aromatic rings. The standard InChI is InChI=1S/C22H18F4N4O2/c1-2-15-19(12-7-9-13(23)10-8-12)20-28-21(32)17(30(20)29-15)11-18(31)27-16-6-4-3-5-14(16)22(24,25)26/h3-10,17H,2,11H2,1H3,(H,27,31)(H,28,32). The number of benzene rings is 2. The third kappa shape index (κ3) is 3.95. The SMILES string of the molecule is CCc1nn2c(c1-c1ccc(F)cc1)NC(=O)C2CC(=O)Nc1ccccc1C(F)(F)F. The van der Waals surface area contributed by atoms with Crippen LogP contribution >= 0.6 is 0 Å². The molecule has 4 rings (SSSR count). The van der Waals surface area contributed by atoms with Crippen LogP contribution in [0.15, 0.2) is 48.5 Å². The summed E-state index contributed by atoms with van der Waals surface area (Å²) in [7, 11) is 0. The lowest BCUT2D eigenvalue weighted by molar-refractivity contribution is -0.137. The van der Waals surface area contributed by atoms with Gasteiger partial charge in [-0.3, -0.25) is 9.59 Å². The maximum atomic E-state index is 13.3. The average Bonchev–Trinajstić information content (AvgIpc) is 3.23. The lowest BCUT2D eigenvalue weighted by atomic mass is 10.0. The van der Waals surface area contributed by atoms with Gasteiger partial charge >= 0.3 is 6.18 Å². The van der Waals surface area contributed by atoms with E-state index in [-0.39, 0.29) is 5.69 Å². The van der Waals surface area contributed by atoms with Gasteiger partial charge in [-0.1, -0.05) is 31.2 Å². The van der Waals surface area contributed by atoms with E-state index in [9.17, 15) is 27.2 Å². The van der Waals surface area contributed by atoms with E-state index in [1.54, 1.807) is 12.1 Å². The lowest BCUT2D eigenvalue weighted by Crippen LogP contribution is -2.24. The third-order valence-corrected chi connectivity index (χ3v) is 5.18. The molecule has 6 nitrogen and oxygen atoms in total. The van der Waals surface area contributed by atoms with Crippen molar-refractivity contribution in [3.63, 3.8) is 0 Å². The molecule has 32 heavy (non-hydrogen) atoms. The number of halogens is 4. The molecular weight excluding hydrogens is 428 g/mol. The van der Waals surface area contributed by atoms with Crippen molar-refractivity contribution >= 4 is 23.3 Å². The van der Waals surface area contributed by atoms with Crippen LogP contribution in [0.1, 0.15) is 30.6 Å². The van der Waals surface area contributed by atoms with E-state index in [0.29, 0.717) is 29.1 Å². The average molecular weight is 446 g/mol. The van der Waals surface area contributed by atoms with Crippen LogP contribution in [0.4, 0.5) is 29.1 Å². The van der Waals surface area contributed by atoms with Gasteiger partial charge in [0, 0.05) is 5.56 Å². The van der Waals surface area contributed by atoms with Gasteiger partial charge in [-0.05, 0) is 36.2 Å². The summed E-state index contributed by atoms with van der Waals surface area (Å²) in [6.07, 6.45) is -4.52. The fourth-order valence-corrected chi connectivity index (χ4v) is 3.70. The molecule has 0 spiro atoms. The van der Waals surface area contributed by atoms with E-state index >= 15 is 0 Å². The Morgan fingerprint density at radius 2 is 1.84 bits per heavy atom. The number of hydrogen-bond acceptors (Lipinski definition) is 3. The Kier molecular flexibility index (Phi) is 5.45. The Labute approximate surface area is 180 Å². The second-order valence-corrected chi connectivity index (χ2v) is 7.28. The molecule has 0 fully saturated rings. The lowest BCUT2D eigenvalue weighted by Gasteiger charge is -2.14. The number of anilines is 2. The molecule has 0 saturated carbocycles. The van der Waals surface area contributed by atoms with Gasteiger partial charge in [0.2, 0.25) is 5.91 Å². The number of aromatic nitrogens is 2. The van der Waals surface area contributed by atoms with Gasteiger partial charge in [-0.25, -0.2) is 9.07 Å². The predicted molar refractivity (Wildman–Crippen MR) is 109 cm³/mol. The van der Waals surface area contributed by atoms with Crippen molar-refractivity contribution in [2.75, 3.05) is 10.6 Å². The molecule has 0 radical (unpaired) electrons. The number of rotatable bonds is 5. The first-order chi connectivity index (χ1) is 15.2. The quantitative estimate of drug-likeness (QED) is 0.554. The molecule has 1 atom stereocenters. The maximum Gasteiger partial charge on any atom is 0.418 e. The maximum absolute atomic E-state index is 13.3. The van der Waals surface area contributed by atoms with Crippen molar-refractivity contribution in [1.82, 2.24) is 9.78 Å². The molecule has 1 aliphatic rings. The molecular formula is C22H18F4N4O2. The molecule has 1 aliphatic heterocycles. The van der Waals surface area contributed by atoms with Crippen LogP contribution < -0.4 is 10.6 Å². The highest BCUT2D eigenvalue weighted by molar-refractivity contribution is 6.04. The number of alkyl halides is 3. The Morgan fingerprint density at radius 3 is 2.50 bits per heavy atom. The van der Waals surface area contributed by atoms with E-state index in [0.717, 1.165) is 12.1 Å². The first-order valence-electron chi connectivity index (χ1n) is 9.83. The number of amides is 2. The second-order valence-electron chi connectivity index (χ2n) is 7.28. The fraction of sp³-hybridized carbons (Fsp3) is 0.227. The number of fused-ring (bicyclic) bond motifs is 1. The molecule has 0 saturated heterocycles. The zero-order chi connectivity index (χ0) is 23.0. The number of nitrogens with one attached hydrogen (secondary N) is 2. The summed E-state index contributed by atoms with van der Waals surface area (Å²) in [5.74, 6) is -1.30. The highest BCUT2D eigenvalue weighted by Gasteiger charge is 2.38. The summed E-state index contributed by atoms with van der Waals surface area (Å²) >= 11 is 0. The molecule has 2 N–H and O–H groups in total. The van der Waals surface area contributed by atoms with Crippen molar-refractivity contribution in [3.8, 4) is 11.1 Å². The number of nitrogens with zero attached hydrogens (tertiary/aromatic N) is 2. The highest BCUT2D eigenvalue weighted by atomic mass is 19.4. The van der Waals surface area contributed by atoms with Gasteiger partial charge in [0.15, 0.2) is 0 Å². The van der Waals surface area contributed by atoms with E-state index in [1.165, 1.54) is 28.9 Å². The molecule has 0 aliphatic carbocycles. The Bertz CT molecular complexity index is 1190. The first kappa shape index (κ1) is 21.5. The molecule has 0 bridgehead atoms. The molecule has 2 aromatic carbocycles. The topological polar surface area (TPSA) is 76.0 Å². The number of hydrogen-bond donors (Lipinski definition) is 2. The number of para-hydroxylation sites is 1. The van der Waals surface area contributed by atoms with E-state index in [4.69, 9.17) is 0 Å². The Balaban J connectivity index is 1.61. The molecule has 1 unspecified atom stereocenters. The first-order valence-corrected chi connectivity index (χ1v) is 9.83. The zero-order valence-corrected chi connectivity index (χ0v) is 16.8. The van der Waals surface area contributed by atoms with Crippen LogP contribution in [0.3, 0.4) is 0 Å². The number of carbonyl (C=O) groups is 2. The van der Waals surface area contributed by atoms with Crippen molar-refractivity contribution in [3.05, 3.63) is 65.6 Å². The van der Waals surface area contributed by atoms with E-state index in [1.807, 2.05) is 6.92 Å². The summed E-state index contributed by atoms with van der Waals surface area (Å²) in [4.78, 5) is 25.1. The van der Waals surface area contributed by atoms with Crippen LogP contribution in [-0.2, 0) is 22.2 Å². The minimum Gasteiger partial charge on any atom is -0.325 e. The van der Waals surface area contributed by atoms with Gasteiger partial charge in [0.25, 0.3) is 5.91 Å². The van der Waals surface area contributed by atoms with Gasteiger partial charge in [-0.2, -0.15) is 18.3 Å². The van der Waals surface area contributed by atoms with Crippen LogP contribution in [0.5, 0.6) is 0 Å². The minimum atomic E-state index is -4.64. The molecule has 1 aromatic heterocycles. The Morgan fingerprint density at radius 1 is 1.16 bits per heavy atom. The summed E-state index contributed by atoms with van der Waals surface area (Å²) in [5, 5.41) is 9.38. The van der Waals surface area contributed by atoms with Gasteiger partial charge in [-0.15, -0.1) is 0 Å². The van der Waals surface area contributed by atoms with Crippen LogP contribution in [0, 0.1) is 5.82 Å². The predicted octanol–water partition coefficient (Wildman–Crippen LogP) is 4.79. The normalized spacial score (nSPS) is 15.4. The molecule has 166 valence electrons. The zero-order valence-electron chi connectivity index (χ0n) is 16.8. The molecule has 10 heteroatoms. The third-order valence-electron chi connectivity index (χ3n) is 5.18. The summed E-state index contributed by atoms with van der Waals surface area (Å²) in [6, 6.07) is 9.30. The molecule has 2 amide bonds. The van der Waals surface area contributed by atoms with Gasteiger partial charge in [0.1, 0.15) is 17.7 Å². The number of carbonyl (C=O) groups excluding carboxylic acids is 2. The second kappa shape index (κ2) is 8.10. The van der Waals surface area contributed by atoms with Crippen molar-refractivity contribution in [2.45, 2.75) is 32.0 Å². The van der Waals surface area contributed by atoms with Crippen LogP contribution in [0.2, 0.25) is 0 Å². The Hall–Kier alpha value is -3.69. The monoisotopic (exact) mass is 446 g/mol. The van der Waals surface area contributed by atoms with Crippen LogP contribution in [0.25, 0.3) is 11.1 Å². The van der Waals surface area contributed by atoms with Crippen molar-refractivity contribution in [2.24, 2.45) is 0 Å². The van der Waals surface area contributed by atoms with Crippen molar-refractivity contribution < 1.29 is 27.2 Å². The highest BCUT2D eigenvalue weighted by Crippen LogP contribution is 2.39. The van der Waals surface area contributed by atoms with E-state index < -0.39 is 41.8 Å². The summed E-state index contributed by atoms with van der Waals surface area (Å²) in [5.41, 5.74) is 0.542. The van der Waals surface area contributed by atoms with Gasteiger partial charge < -0.3 is 10.6 Å². The fourth-order valence-electron chi connectivity index (χ4n) is 3.70. The molecule has 2 heterocycles. The van der Waals surface area contributed by atoms with Gasteiger partial charge in [0.05, 0.1) is 23.4 Å². The minimum absolute atomic E-state index is 0.368. The van der Waals surface area contributed by atoms with Crippen molar-refractivity contribution in [1.29, 1.82) is 0 Å².